The molecule has 0 saturated carbocycles. The number of carbonyl (C=O) groups is 1. The molecule has 120 valence electrons. The quantitative estimate of drug-likeness (QED) is 0.570. The maximum absolute atomic E-state index is 12.1. The summed E-state index contributed by atoms with van der Waals surface area (Å²) in [6.07, 6.45) is 0. The third-order valence-electron chi connectivity index (χ3n) is 3.18. The molecule has 0 aliphatic carbocycles. The molecule has 0 heterocycles. The summed E-state index contributed by atoms with van der Waals surface area (Å²) in [4.78, 5) is 23.8. The molecule has 0 atom stereocenters. The lowest BCUT2D eigenvalue weighted by Crippen LogP contribution is -2.31. The van der Waals surface area contributed by atoms with E-state index in [-0.39, 0.29) is 18.2 Å². The van der Waals surface area contributed by atoms with Crippen LogP contribution in [0.25, 0.3) is 0 Å². The first-order valence-electron chi connectivity index (χ1n) is 6.82. The zero-order valence-electron chi connectivity index (χ0n) is 12.4. The molecule has 0 aromatic heterocycles. The lowest BCUT2D eigenvalue weighted by atomic mass is 10.2. The Morgan fingerprint density at radius 3 is 2.70 bits per heavy atom. The number of ether oxygens (including phenoxy) is 1. The van der Waals surface area contributed by atoms with Crippen molar-refractivity contribution in [3.63, 3.8) is 0 Å². The van der Waals surface area contributed by atoms with Crippen molar-refractivity contribution in [1.29, 1.82) is 0 Å². The molecule has 0 aliphatic rings. The summed E-state index contributed by atoms with van der Waals surface area (Å²) in [6, 6.07) is 13.4. The Labute approximate surface area is 142 Å². The zero-order valence-corrected chi connectivity index (χ0v) is 14.0. The Morgan fingerprint density at radius 2 is 2.00 bits per heavy atom. The molecular weight excluding hydrogens is 364 g/mol. The molecule has 0 fully saturated rings. The second-order valence-electron chi connectivity index (χ2n) is 4.88. The fourth-order valence-electron chi connectivity index (χ4n) is 1.91. The molecule has 1 amide bonds. The fourth-order valence-corrected chi connectivity index (χ4v) is 2.32. The van der Waals surface area contributed by atoms with E-state index in [9.17, 15) is 14.9 Å². The Bertz CT molecular complexity index is 721. The van der Waals surface area contributed by atoms with E-state index < -0.39 is 4.92 Å². The highest BCUT2D eigenvalue weighted by atomic mass is 79.9. The van der Waals surface area contributed by atoms with Crippen LogP contribution in [-0.2, 0) is 11.3 Å². The third kappa shape index (κ3) is 4.79. The molecule has 0 aliphatic heterocycles. The molecule has 0 unspecified atom stereocenters. The molecule has 7 heteroatoms. The highest BCUT2D eigenvalue weighted by Gasteiger charge is 2.13. The Morgan fingerprint density at radius 1 is 1.26 bits per heavy atom. The number of likely N-dealkylation sites (N-methyl/N-ethyl adjacent to an activating group) is 1. The number of nitro benzene ring substituents is 1. The van der Waals surface area contributed by atoms with Crippen molar-refractivity contribution in [2.75, 3.05) is 13.7 Å². The maximum atomic E-state index is 12.1. The number of rotatable bonds is 6. The van der Waals surface area contributed by atoms with Gasteiger partial charge in [-0.1, -0.05) is 40.2 Å². The van der Waals surface area contributed by atoms with E-state index in [1.165, 1.54) is 23.1 Å². The van der Waals surface area contributed by atoms with Gasteiger partial charge < -0.3 is 9.64 Å². The van der Waals surface area contributed by atoms with Gasteiger partial charge in [-0.15, -0.1) is 0 Å². The minimum absolute atomic E-state index is 0.0727. The first kappa shape index (κ1) is 17.0. The van der Waals surface area contributed by atoms with Crippen molar-refractivity contribution in [3.8, 4) is 5.75 Å². The zero-order chi connectivity index (χ0) is 16.8. The lowest BCUT2D eigenvalue weighted by molar-refractivity contribution is -0.384. The summed E-state index contributed by atoms with van der Waals surface area (Å²) in [5.41, 5.74) is 0.912. The lowest BCUT2D eigenvalue weighted by Gasteiger charge is -2.18. The van der Waals surface area contributed by atoms with Crippen LogP contribution >= 0.6 is 15.9 Å². The SMILES string of the molecule is CN(Cc1ccccc1Br)C(=O)COc1cccc([N+](=O)[O-])c1. The molecule has 0 radical (unpaired) electrons. The highest BCUT2D eigenvalue weighted by molar-refractivity contribution is 9.10. The first-order chi connectivity index (χ1) is 11.0. The summed E-state index contributed by atoms with van der Waals surface area (Å²) in [5.74, 6) is 0.0779. The van der Waals surface area contributed by atoms with Crippen LogP contribution in [0.3, 0.4) is 0 Å². The molecule has 0 spiro atoms. The van der Waals surface area contributed by atoms with Gasteiger partial charge in [-0.05, 0) is 17.7 Å². The Kier molecular flexibility index (Phi) is 5.70. The molecule has 0 N–H and O–H groups in total. The van der Waals surface area contributed by atoms with E-state index in [0.29, 0.717) is 12.3 Å². The van der Waals surface area contributed by atoms with Crippen molar-refractivity contribution < 1.29 is 14.5 Å². The topological polar surface area (TPSA) is 72.7 Å². The standard InChI is InChI=1S/C16H15BrN2O4/c1-18(10-12-5-2-3-8-15(12)17)16(20)11-23-14-7-4-6-13(9-14)19(21)22/h2-9H,10-11H2,1H3. The van der Waals surface area contributed by atoms with Gasteiger partial charge in [0.05, 0.1) is 11.0 Å². The molecule has 0 bridgehead atoms. The van der Waals surface area contributed by atoms with Gasteiger partial charge in [-0.25, -0.2) is 0 Å². The average molecular weight is 379 g/mol. The van der Waals surface area contributed by atoms with Crippen LogP contribution in [0.2, 0.25) is 0 Å². The number of amides is 1. The average Bonchev–Trinajstić information content (AvgIpc) is 2.55. The number of hydrogen-bond acceptors (Lipinski definition) is 4. The number of non-ortho nitro benzene ring substituents is 1. The van der Waals surface area contributed by atoms with Crippen molar-refractivity contribution in [2.24, 2.45) is 0 Å². The van der Waals surface area contributed by atoms with Gasteiger partial charge in [0.2, 0.25) is 0 Å². The summed E-state index contributed by atoms with van der Waals surface area (Å²) in [7, 11) is 1.68. The summed E-state index contributed by atoms with van der Waals surface area (Å²) >= 11 is 3.44. The minimum atomic E-state index is -0.506. The first-order valence-corrected chi connectivity index (χ1v) is 7.61. The van der Waals surface area contributed by atoms with Crippen molar-refractivity contribution in [2.45, 2.75) is 6.54 Å². The predicted octanol–water partition coefficient (Wildman–Crippen LogP) is 3.39. The van der Waals surface area contributed by atoms with Crippen LogP contribution < -0.4 is 4.74 Å². The van der Waals surface area contributed by atoms with Crippen LogP contribution in [0, 0.1) is 10.1 Å². The normalized spacial score (nSPS) is 10.2. The van der Waals surface area contributed by atoms with E-state index in [1.54, 1.807) is 13.1 Å². The van der Waals surface area contributed by atoms with Gasteiger partial charge in [0, 0.05) is 24.1 Å². The summed E-state index contributed by atoms with van der Waals surface area (Å²) < 4.78 is 6.27. The molecule has 0 saturated heterocycles. The third-order valence-corrected chi connectivity index (χ3v) is 3.96. The summed E-state index contributed by atoms with van der Waals surface area (Å²) in [6.45, 7) is 0.265. The Hall–Kier alpha value is -2.41. The second kappa shape index (κ2) is 7.73. The Balaban J connectivity index is 1.93. The number of carbonyl (C=O) groups excluding carboxylic acids is 1. The number of nitro groups is 1. The number of nitrogens with zero attached hydrogens (tertiary/aromatic N) is 2. The number of halogens is 1. The van der Waals surface area contributed by atoms with Crippen LogP contribution in [0.15, 0.2) is 53.0 Å². The molecule has 2 aromatic rings. The van der Waals surface area contributed by atoms with Crippen LogP contribution in [-0.4, -0.2) is 29.4 Å². The van der Waals surface area contributed by atoms with E-state index in [0.717, 1.165) is 10.0 Å². The van der Waals surface area contributed by atoms with Crippen molar-refractivity contribution in [3.05, 3.63) is 68.7 Å². The maximum Gasteiger partial charge on any atom is 0.273 e. The van der Waals surface area contributed by atoms with Crippen molar-refractivity contribution in [1.82, 2.24) is 4.90 Å². The van der Waals surface area contributed by atoms with Crippen LogP contribution in [0.1, 0.15) is 5.56 Å². The molecular formula is C16H15BrN2O4. The van der Waals surface area contributed by atoms with E-state index >= 15 is 0 Å². The molecule has 23 heavy (non-hydrogen) atoms. The van der Waals surface area contributed by atoms with Gasteiger partial charge >= 0.3 is 0 Å². The van der Waals surface area contributed by atoms with E-state index in [4.69, 9.17) is 4.74 Å². The molecule has 2 rings (SSSR count). The van der Waals surface area contributed by atoms with Gasteiger partial charge in [-0.2, -0.15) is 0 Å². The van der Waals surface area contributed by atoms with Gasteiger partial charge in [0.1, 0.15) is 5.75 Å². The fraction of sp³-hybridized carbons (Fsp3) is 0.188. The van der Waals surface area contributed by atoms with Gasteiger partial charge in [0.15, 0.2) is 6.61 Å². The van der Waals surface area contributed by atoms with E-state index in [2.05, 4.69) is 15.9 Å². The number of hydrogen-bond donors (Lipinski definition) is 0. The van der Waals surface area contributed by atoms with Gasteiger partial charge in [0.25, 0.3) is 11.6 Å². The van der Waals surface area contributed by atoms with Crippen LogP contribution in [0.4, 0.5) is 5.69 Å². The second-order valence-corrected chi connectivity index (χ2v) is 5.74. The predicted molar refractivity (Wildman–Crippen MR) is 89.2 cm³/mol. The highest BCUT2D eigenvalue weighted by Crippen LogP contribution is 2.20. The monoisotopic (exact) mass is 378 g/mol. The molecule has 6 nitrogen and oxygen atoms in total. The van der Waals surface area contributed by atoms with Crippen molar-refractivity contribution >= 4 is 27.5 Å². The van der Waals surface area contributed by atoms with Gasteiger partial charge in [-0.3, -0.25) is 14.9 Å². The smallest absolute Gasteiger partial charge is 0.273 e. The summed E-state index contributed by atoms with van der Waals surface area (Å²) in [5, 5.41) is 10.7. The van der Waals surface area contributed by atoms with Crippen LogP contribution in [0.5, 0.6) is 5.75 Å². The van der Waals surface area contributed by atoms with E-state index in [1.807, 2.05) is 24.3 Å². The minimum Gasteiger partial charge on any atom is -0.484 e. The number of benzene rings is 2. The molecule has 2 aromatic carbocycles. The largest absolute Gasteiger partial charge is 0.484 e.